The number of benzene rings is 1. The summed E-state index contributed by atoms with van der Waals surface area (Å²) in [6.07, 6.45) is -7.55. The molecule has 4 unspecified atom stereocenters. The fourth-order valence-corrected chi connectivity index (χ4v) is 6.06. The van der Waals surface area contributed by atoms with E-state index in [4.69, 9.17) is 9.47 Å². The van der Waals surface area contributed by atoms with Crippen LogP contribution in [0, 0.1) is 0 Å². The predicted octanol–water partition coefficient (Wildman–Crippen LogP) is -0.744. The Morgan fingerprint density at radius 1 is 1.02 bits per heavy atom. The Morgan fingerprint density at radius 3 is 2.28 bits per heavy atom. The molecule has 270 valence electrons. The fraction of sp³-hybridized carbons (Fsp3) is 0.750. The van der Waals surface area contributed by atoms with E-state index < -0.39 is 79.8 Å². The van der Waals surface area contributed by atoms with Gasteiger partial charge in [0.15, 0.2) is 12.4 Å². The first-order chi connectivity index (χ1) is 22.3. The molecule has 1 aliphatic rings. The van der Waals surface area contributed by atoms with Gasteiger partial charge in [0.1, 0.15) is 42.7 Å². The largest absolute Gasteiger partial charge is 0.394 e. The molecule has 15 heteroatoms. The Balaban J connectivity index is 1.92. The molecule has 1 aromatic carbocycles. The Kier molecular flexibility index (Phi) is 18.1. The van der Waals surface area contributed by atoms with Gasteiger partial charge in [0.2, 0.25) is 11.8 Å². The van der Waals surface area contributed by atoms with Crippen molar-refractivity contribution in [3.63, 3.8) is 0 Å². The van der Waals surface area contributed by atoms with E-state index in [9.17, 15) is 50.9 Å². The highest BCUT2D eigenvalue weighted by Crippen LogP contribution is 2.25. The van der Waals surface area contributed by atoms with Gasteiger partial charge in [-0.1, -0.05) is 51.2 Å². The number of unbranched alkanes of at least 4 members (excludes halogenated alkanes) is 5. The number of aliphatic hydroxyl groups is 8. The first kappa shape index (κ1) is 41.3. The van der Waals surface area contributed by atoms with Gasteiger partial charge >= 0.3 is 0 Å². The van der Waals surface area contributed by atoms with Gasteiger partial charge in [-0.3, -0.25) is 10.0 Å². The van der Waals surface area contributed by atoms with Crippen LogP contribution < -0.4 is 5.32 Å². The molecule has 1 saturated heterocycles. The topological polar surface area (TPSA) is 233 Å². The van der Waals surface area contributed by atoms with Crippen LogP contribution in [0.25, 0.3) is 0 Å². The predicted molar refractivity (Wildman–Crippen MR) is 174 cm³/mol. The van der Waals surface area contributed by atoms with Crippen molar-refractivity contribution in [2.75, 3.05) is 24.7 Å². The second-order valence-corrected chi connectivity index (χ2v) is 13.7. The lowest BCUT2D eigenvalue weighted by Crippen LogP contribution is -2.62. The standard InChI is InChI=1S/C32H54N2O12S/c1-4-5-6-7-8-9-14-47-19-32(2,3)34(44)16-21-12-10-20(11-13-21)15-33-30(43)27(41)26(40)29(22(37)17-35)46-31-28(42)25(39)24(38)23(18-36)45-31/h10-13,16,22-29,31,35-42H,4-9,14-15,17-19H2,1-3H3,(H-,33,43,44)/p+1/t22?,23?,24-,25-,26-,27?,28?,29+,31-/m0/s1. The van der Waals surface area contributed by atoms with E-state index >= 15 is 0 Å². The van der Waals surface area contributed by atoms with Gasteiger partial charge in [0.25, 0.3) is 5.91 Å². The summed E-state index contributed by atoms with van der Waals surface area (Å²) in [5.41, 5.74) is 0.864. The molecule has 47 heavy (non-hydrogen) atoms. The summed E-state index contributed by atoms with van der Waals surface area (Å²) in [5, 5.41) is 93.5. The van der Waals surface area contributed by atoms with Crippen LogP contribution in [-0.2, 0) is 20.8 Å². The third-order valence-electron chi connectivity index (χ3n) is 8.07. The number of thioether (sulfide) groups is 1. The molecule has 1 fully saturated rings. The molecule has 2 rings (SSSR count). The van der Waals surface area contributed by atoms with E-state index in [0.717, 1.165) is 23.5 Å². The number of carbonyl (C=O) groups excluding carboxylic acids is 1. The van der Waals surface area contributed by atoms with E-state index in [0.29, 0.717) is 5.56 Å². The third-order valence-corrected chi connectivity index (χ3v) is 9.56. The van der Waals surface area contributed by atoms with Crippen molar-refractivity contribution < 1.29 is 65.1 Å². The Hall–Kier alpha value is -1.89. The minimum atomic E-state index is -2.16. The molecule has 0 saturated carbocycles. The van der Waals surface area contributed by atoms with Gasteiger partial charge in [0.05, 0.1) is 19.0 Å². The van der Waals surface area contributed by atoms with Crippen molar-refractivity contribution in [3.05, 3.63) is 35.4 Å². The van der Waals surface area contributed by atoms with Crippen LogP contribution in [0.1, 0.15) is 70.4 Å². The van der Waals surface area contributed by atoms with Crippen molar-refractivity contribution >= 4 is 23.9 Å². The molecule has 0 radical (unpaired) electrons. The van der Waals surface area contributed by atoms with E-state index in [1.165, 1.54) is 36.8 Å². The van der Waals surface area contributed by atoms with Crippen LogP contribution in [0.2, 0.25) is 0 Å². The van der Waals surface area contributed by atoms with Gasteiger partial charge in [0, 0.05) is 26.0 Å². The summed E-state index contributed by atoms with van der Waals surface area (Å²) in [5.74, 6) is 0.753. The quantitative estimate of drug-likeness (QED) is 0.0252. The van der Waals surface area contributed by atoms with Crippen molar-refractivity contribution in [2.24, 2.45) is 0 Å². The summed E-state index contributed by atoms with van der Waals surface area (Å²) in [4.78, 5) is 12.7. The van der Waals surface area contributed by atoms with Gasteiger partial charge in [-0.15, -0.1) is 0 Å². The minimum absolute atomic E-state index is 0.0485. The lowest BCUT2D eigenvalue weighted by atomic mass is 9.98. The number of aliphatic hydroxyl groups excluding tert-OH is 8. The molecule has 1 amide bonds. The molecular formula is C32H55N2O12S+. The SMILES string of the molecule is CCCCCCCCSCC(C)(C)[N+](O)=Cc1ccc(CNC(=O)C(O)[C@H](O)[C@H](O[C@@H]2OC(CO)[C@H](O)[C@H](O)C2O)C(O)CO)cc1. The third kappa shape index (κ3) is 12.8. The van der Waals surface area contributed by atoms with Crippen molar-refractivity contribution in [3.8, 4) is 0 Å². The summed E-state index contributed by atoms with van der Waals surface area (Å²) in [7, 11) is 0. The Labute approximate surface area is 280 Å². The van der Waals surface area contributed by atoms with Crippen molar-refractivity contribution in [1.29, 1.82) is 0 Å². The number of rotatable bonds is 21. The van der Waals surface area contributed by atoms with Gasteiger partial charge in [-0.2, -0.15) is 11.8 Å². The van der Waals surface area contributed by atoms with Crippen molar-refractivity contribution in [1.82, 2.24) is 5.32 Å². The first-order valence-corrected chi connectivity index (χ1v) is 17.3. The zero-order valence-electron chi connectivity index (χ0n) is 27.5. The lowest BCUT2D eigenvalue weighted by molar-refractivity contribution is -0.815. The summed E-state index contributed by atoms with van der Waals surface area (Å²) in [6, 6.07) is 6.92. The van der Waals surface area contributed by atoms with E-state index in [-0.39, 0.29) is 6.54 Å². The normalized spacial score (nSPS) is 24.8. The summed E-state index contributed by atoms with van der Waals surface area (Å²) >= 11 is 1.81. The van der Waals surface area contributed by atoms with Crippen LogP contribution >= 0.6 is 11.8 Å². The van der Waals surface area contributed by atoms with Crippen LogP contribution in [0.4, 0.5) is 0 Å². The average Bonchev–Trinajstić information content (AvgIpc) is 3.06. The molecule has 0 aliphatic carbocycles. The zero-order chi connectivity index (χ0) is 35.1. The average molecular weight is 692 g/mol. The molecule has 14 nitrogen and oxygen atoms in total. The summed E-state index contributed by atoms with van der Waals surface area (Å²) < 4.78 is 11.7. The number of carbonyl (C=O) groups is 1. The molecule has 0 bridgehead atoms. The van der Waals surface area contributed by atoms with Gasteiger partial charge in [-0.05, 0) is 34.6 Å². The van der Waals surface area contributed by atoms with Crippen molar-refractivity contribution in [2.45, 2.75) is 127 Å². The van der Waals surface area contributed by atoms with E-state index in [1.807, 2.05) is 25.6 Å². The maximum atomic E-state index is 12.7. The molecule has 1 aliphatic heterocycles. The molecule has 1 heterocycles. The van der Waals surface area contributed by atoms with E-state index in [2.05, 4.69) is 12.2 Å². The highest BCUT2D eigenvalue weighted by molar-refractivity contribution is 7.99. The summed E-state index contributed by atoms with van der Waals surface area (Å²) in [6.45, 7) is 4.33. The molecular weight excluding hydrogens is 636 g/mol. The lowest BCUT2D eigenvalue weighted by Gasteiger charge is -2.42. The number of hydrogen-bond donors (Lipinski definition) is 10. The van der Waals surface area contributed by atoms with E-state index in [1.54, 1.807) is 30.5 Å². The number of nitrogens with zero attached hydrogens (tertiary/aromatic N) is 1. The van der Waals surface area contributed by atoms with Gasteiger partial charge in [-0.25, -0.2) is 0 Å². The monoisotopic (exact) mass is 691 g/mol. The zero-order valence-corrected chi connectivity index (χ0v) is 28.3. The molecule has 0 spiro atoms. The highest BCUT2D eigenvalue weighted by Gasteiger charge is 2.47. The molecule has 1 aromatic rings. The van der Waals surface area contributed by atoms with Gasteiger partial charge < -0.3 is 55.6 Å². The second-order valence-electron chi connectivity index (χ2n) is 12.5. The number of ether oxygens (including phenoxy) is 2. The Morgan fingerprint density at radius 2 is 1.66 bits per heavy atom. The maximum absolute atomic E-state index is 12.7. The fourth-order valence-electron chi connectivity index (χ4n) is 4.88. The van der Waals surface area contributed by atoms with Crippen LogP contribution in [0.5, 0.6) is 0 Å². The number of hydrogen-bond acceptors (Lipinski definition) is 13. The Bertz CT molecular complexity index is 1080. The smallest absolute Gasteiger partial charge is 0.251 e. The molecule has 0 aromatic heterocycles. The van der Waals surface area contributed by atoms with Crippen LogP contribution in [0.15, 0.2) is 24.3 Å². The number of nitrogens with one attached hydrogen (secondary N) is 1. The minimum Gasteiger partial charge on any atom is -0.394 e. The second kappa shape index (κ2) is 20.6. The first-order valence-electron chi connectivity index (χ1n) is 16.2. The van der Waals surface area contributed by atoms with Crippen LogP contribution in [0.3, 0.4) is 0 Å². The molecule has 10 N–H and O–H groups in total. The number of hydroxylamine groups is 1. The van der Waals surface area contributed by atoms with Crippen LogP contribution in [-0.4, -0.2) is 148 Å². The highest BCUT2D eigenvalue weighted by atomic mass is 32.2. The molecule has 9 atom stereocenters. The maximum Gasteiger partial charge on any atom is 0.251 e. The number of amides is 1.